The van der Waals surface area contributed by atoms with E-state index in [4.69, 9.17) is 9.84 Å². The van der Waals surface area contributed by atoms with Crippen LogP contribution in [0.15, 0.2) is 18.2 Å². The zero-order valence-electron chi connectivity index (χ0n) is 13.3. The molecule has 0 saturated heterocycles. The molecular formula is C17H23NO4. The molecule has 1 aliphatic rings. The molecule has 1 aliphatic carbocycles. The summed E-state index contributed by atoms with van der Waals surface area (Å²) in [5.41, 5.74) is 2.13. The highest BCUT2D eigenvalue weighted by atomic mass is 16.5. The highest BCUT2D eigenvalue weighted by molar-refractivity contribution is 5.79. The van der Waals surface area contributed by atoms with E-state index in [1.807, 2.05) is 32.0 Å². The van der Waals surface area contributed by atoms with Gasteiger partial charge in [0.05, 0.1) is 5.92 Å². The largest absolute Gasteiger partial charge is 0.484 e. The molecule has 1 fully saturated rings. The minimum Gasteiger partial charge on any atom is -0.484 e. The highest BCUT2D eigenvalue weighted by Crippen LogP contribution is 2.28. The summed E-state index contributed by atoms with van der Waals surface area (Å²) in [7, 11) is 0. The van der Waals surface area contributed by atoms with E-state index in [0.717, 1.165) is 24.0 Å². The van der Waals surface area contributed by atoms with E-state index in [9.17, 15) is 9.59 Å². The Labute approximate surface area is 130 Å². The van der Waals surface area contributed by atoms with Gasteiger partial charge in [0.15, 0.2) is 6.61 Å². The van der Waals surface area contributed by atoms with Crippen molar-refractivity contribution in [1.82, 2.24) is 4.90 Å². The van der Waals surface area contributed by atoms with E-state index < -0.39 is 11.9 Å². The fourth-order valence-corrected chi connectivity index (χ4v) is 2.40. The summed E-state index contributed by atoms with van der Waals surface area (Å²) in [4.78, 5) is 25.0. The lowest BCUT2D eigenvalue weighted by Crippen LogP contribution is -2.41. The normalized spacial score (nSPS) is 15.2. The lowest BCUT2D eigenvalue weighted by Gasteiger charge is -2.24. The minimum atomic E-state index is -0.881. The van der Waals surface area contributed by atoms with Crippen molar-refractivity contribution in [2.45, 2.75) is 39.7 Å². The van der Waals surface area contributed by atoms with Gasteiger partial charge in [-0.05, 0) is 38.3 Å². The number of rotatable bonds is 7. The van der Waals surface area contributed by atoms with Crippen molar-refractivity contribution in [2.24, 2.45) is 5.92 Å². The Hall–Kier alpha value is -2.04. The number of benzene rings is 1. The number of aliphatic carboxylic acids is 1. The molecule has 1 aromatic rings. The van der Waals surface area contributed by atoms with E-state index in [1.165, 1.54) is 0 Å². The molecule has 0 aromatic heterocycles. The van der Waals surface area contributed by atoms with Gasteiger partial charge in [0.1, 0.15) is 5.75 Å². The SMILES string of the molecule is Cc1ccc(OCC(=O)N(CC(C)C(=O)O)C2CC2)c(C)c1. The van der Waals surface area contributed by atoms with Crippen molar-refractivity contribution in [1.29, 1.82) is 0 Å². The van der Waals surface area contributed by atoms with Gasteiger partial charge >= 0.3 is 5.97 Å². The first kappa shape index (κ1) is 16.3. The van der Waals surface area contributed by atoms with Crippen LogP contribution in [0.4, 0.5) is 0 Å². The van der Waals surface area contributed by atoms with Crippen molar-refractivity contribution < 1.29 is 19.4 Å². The molecule has 0 bridgehead atoms. The summed E-state index contributed by atoms with van der Waals surface area (Å²) >= 11 is 0. The smallest absolute Gasteiger partial charge is 0.308 e. The van der Waals surface area contributed by atoms with Crippen LogP contribution in [-0.2, 0) is 9.59 Å². The molecule has 0 spiro atoms. The lowest BCUT2D eigenvalue weighted by molar-refractivity contribution is -0.143. The molecule has 22 heavy (non-hydrogen) atoms. The van der Waals surface area contributed by atoms with E-state index in [2.05, 4.69) is 0 Å². The number of carbonyl (C=O) groups excluding carboxylic acids is 1. The van der Waals surface area contributed by atoms with Gasteiger partial charge in [0, 0.05) is 12.6 Å². The minimum absolute atomic E-state index is 0.0489. The first-order valence-corrected chi connectivity index (χ1v) is 7.61. The maximum atomic E-state index is 12.3. The summed E-state index contributed by atoms with van der Waals surface area (Å²) in [5, 5.41) is 9.02. The monoisotopic (exact) mass is 305 g/mol. The molecule has 5 nitrogen and oxygen atoms in total. The van der Waals surface area contributed by atoms with Crippen LogP contribution in [0, 0.1) is 19.8 Å². The van der Waals surface area contributed by atoms with Crippen molar-refractivity contribution >= 4 is 11.9 Å². The van der Waals surface area contributed by atoms with E-state index in [0.29, 0.717) is 5.75 Å². The summed E-state index contributed by atoms with van der Waals surface area (Å²) in [6.07, 6.45) is 1.89. The molecule has 1 aromatic carbocycles. The first-order chi connectivity index (χ1) is 10.4. The fraction of sp³-hybridized carbons (Fsp3) is 0.529. The topological polar surface area (TPSA) is 66.8 Å². The van der Waals surface area contributed by atoms with Crippen molar-refractivity contribution in [3.05, 3.63) is 29.3 Å². The number of carbonyl (C=O) groups is 2. The summed E-state index contributed by atoms with van der Waals surface area (Å²) in [6, 6.07) is 5.99. The van der Waals surface area contributed by atoms with E-state index >= 15 is 0 Å². The predicted octanol–water partition coefficient (Wildman–Crippen LogP) is 2.39. The summed E-state index contributed by atoms with van der Waals surface area (Å²) in [6.45, 7) is 5.76. The standard InChI is InChI=1S/C17H23NO4/c1-11-4-7-15(12(2)8-11)22-10-16(19)18(14-5-6-14)9-13(3)17(20)21/h4,7-8,13-14H,5-6,9-10H2,1-3H3,(H,20,21). The first-order valence-electron chi connectivity index (χ1n) is 7.61. The zero-order valence-corrected chi connectivity index (χ0v) is 13.3. The van der Waals surface area contributed by atoms with Crippen molar-refractivity contribution in [2.75, 3.05) is 13.2 Å². The van der Waals surface area contributed by atoms with Gasteiger partial charge in [-0.2, -0.15) is 0 Å². The third-order valence-electron chi connectivity index (χ3n) is 3.88. The Balaban J connectivity index is 1.95. The molecular weight excluding hydrogens is 282 g/mol. The van der Waals surface area contributed by atoms with Gasteiger partial charge in [-0.25, -0.2) is 0 Å². The number of amides is 1. The van der Waals surface area contributed by atoms with Crippen LogP contribution in [0.3, 0.4) is 0 Å². The second-order valence-electron chi connectivity index (χ2n) is 6.07. The second kappa shape index (κ2) is 6.81. The van der Waals surface area contributed by atoms with Crippen LogP contribution in [0.5, 0.6) is 5.75 Å². The van der Waals surface area contributed by atoms with Crippen LogP contribution in [-0.4, -0.2) is 41.1 Å². The lowest BCUT2D eigenvalue weighted by atomic mass is 10.1. The van der Waals surface area contributed by atoms with Crippen LogP contribution in [0.1, 0.15) is 30.9 Å². The van der Waals surface area contributed by atoms with Crippen LogP contribution < -0.4 is 4.74 Å². The summed E-state index contributed by atoms with van der Waals surface area (Å²) < 4.78 is 5.62. The third kappa shape index (κ3) is 4.23. The maximum Gasteiger partial charge on any atom is 0.308 e. The van der Waals surface area contributed by atoms with Gasteiger partial charge in [0.25, 0.3) is 5.91 Å². The second-order valence-corrected chi connectivity index (χ2v) is 6.07. The number of hydrogen-bond acceptors (Lipinski definition) is 3. The fourth-order valence-electron chi connectivity index (χ4n) is 2.40. The average molecular weight is 305 g/mol. The zero-order chi connectivity index (χ0) is 16.3. The Morgan fingerprint density at radius 2 is 2.05 bits per heavy atom. The molecule has 1 amide bonds. The van der Waals surface area contributed by atoms with Gasteiger partial charge in [-0.3, -0.25) is 9.59 Å². The van der Waals surface area contributed by atoms with Crippen molar-refractivity contribution in [3.63, 3.8) is 0 Å². The number of nitrogens with zero attached hydrogens (tertiary/aromatic N) is 1. The number of carboxylic acid groups (broad SMARTS) is 1. The molecule has 0 heterocycles. The molecule has 5 heteroatoms. The molecule has 1 unspecified atom stereocenters. The number of ether oxygens (including phenoxy) is 1. The number of hydrogen-bond donors (Lipinski definition) is 1. The van der Waals surface area contributed by atoms with E-state index in [1.54, 1.807) is 11.8 Å². The number of carboxylic acids is 1. The van der Waals surface area contributed by atoms with Crippen molar-refractivity contribution in [3.8, 4) is 5.75 Å². The highest BCUT2D eigenvalue weighted by Gasteiger charge is 2.34. The van der Waals surface area contributed by atoms with Crippen LogP contribution >= 0.6 is 0 Å². The van der Waals surface area contributed by atoms with Crippen LogP contribution in [0.2, 0.25) is 0 Å². The van der Waals surface area contributed by atoms with Crippen LogP contribution in [0.25, 0.3) is 0 Å². The Bertz CT molecular complexity index is 566. The molecule has 120 valence electrons. The molecule has 0 radical (unpaired) electrons. The molecule has 1 atom stereocenters. The van der Waals surface area contributed by atoms with Gasteiger partial charge in [-0.15, -0.1) is 0 Å². The molecule has 0 aliphatic heterocycles. The van der Waals surface area contributed by atoms with Gasteiger partial charge in [0.2, 0.25) is 0 Å². The van der Waals surface area contributed by atoms with Gasteiger partial charge < -0.3 is 14.7 Å². The summed E-state index contributed by atoms with van der Waals surface area (Å²) in [5.74, 6) is -0.893. The van der Waals surface area contributed by atoms with E-state index in [-0.39, 0.29) is 25.1 Å². The quantitative estimate of drug-likeness (QED) is 0.840. The van der Waals surface area contributed by atoms with Gasteiger partial charge in [-0.1, -0.05) is 24.6 Å². The third-order valence-corrected chi connectivity index (χ3v) is 3.88. The molecule has 1 N–H and O–H groups in total. The Kier molecular flexibility index (Phi) is 5.06. The Morgan fingerprint density at radius 1 is 1.36 bits per heavy atom. The number of aryl methyl sites for hydroxylation is 2. The Morgan fingerprint density at radius 3 is 2.59 bits per heavy atom. The molecule has 2 rings (SSSR count). The maximum absolute atomic E-state index is 12.3. The molecule has 1 saturated carbocycles. The average Bonchev–Trinajstić information content (AvgIpc) is 3.27. The predicted molar refractivity (Wildman–Crippen MR) is 82.9 cm³/mol.